The van der Waals surface area contributed by atoms with Crippen molar-refractivity contribution in [3.63, 3.8) is 0 Å². The topological polar surface area (TPSA) is 37.3 Å². The van der Waals surface area contributed by atoms with E-state index >= 15 is 0 Å². The summed E-state index contributed by atoms with van der Waals surface area (Å²) in [4.78, 5) is 9.73. The van der Waals surface area contributed by atoms with Crippen LogP contribution < -0.4 is 0 Å². The Labute approximate surface area is 44.6 Å². The van der Waals surface area contributed by atoms with E-state index in [9.17, 15) is 4.79 Å². The maximum atomic E-state index is 9.73. The Morgan fingerprint density at radius 1 is 2.00 bits per heavy atom. The van der Waals surface area contributed by atoms with Crippen LogP contribution in [0.15, 0.2) is 0 Å². The zero-order valence-electron chi connectivity index (χ0n) is 3.93. The molecular weight excluding hydrogens is 95.0 g/mol. The Morgan fingerprint density at radius 3 is 2.17 bits per heavy atom. The predicted octanol–water partition coefficient (Wildman–Crippen LogP) is -0.488. The monoisotopic (exact) mass is 102 g/mol. The summed E-state index contributed by atoms with van der Waals surface area (Å²) in [6, 6.07) is 0. The molecule has 1 N–H and O–H groups in total. The van der Waals surface area contributed by atoms with E-state index in [1.54, 1.807) is 6.92 Å². The fourth-order valence-electron chi connectivity index (χ4n) is 0. The molecule has 0 fully saturated rings. The van der Waals surface area contributed by atoms with Crippen LogP contribution in [0.4, 0.5) is 0 Å². The zero-order valence-corrected chi connectivity index (χ0v) is 5.93. The smallest absolute Gasteiger partial charge is 0.292 e. The molecule has 0 amide bonds. The van der Waals surface area contributed by atoms with Crippen LogP contribution in [0.25, 0.3) is 0 Å². The third-order valence-corrected chi connectivity index (χ3v) is 0.988. The van der Waals surface area contributed by atoms with Crippen LogP contribution in [-0.4, -0.2) is 27.4 Å². The van der Waals surface area contributed by atoms with Gasteiger partial charge in [0.15, 0.2) is 0 Å². The first kappa shape index (κ1) is 6.00. The van der Waals surface area contributed by atoms with E-state index in [-0.39, 0.29) is 4.78 Å². The molecule has 0 spiro atoms. The number of carboxylic acid groups (broad SMARTS) is 1. The molecule has 0 heterocycles. The van der Waals surface area contributed by atoms with E-state index in [0.717, 1.165) is 16.3 Å². The lowest BCUT2D eigenvalue weighted by molar-refractivity contribution is -0.136. The van der Waals surface area contributed by atoms with Gasteiger partial charge in [0, 0.05) is 0 Å². The molecule has 2 nitrogen and oxygen atoms in total. The Hall–Kier alpha value is 0.00247. The highest BCUT2D eigenvalue weighted by Gasteiger charge is 1.99. The van der Waals surface area contributed by atoms with Crippen LogP contribution in [0.3, 0.4) is 0 Å². The van der Waals surface area contributed by atoms with Gasteiger partial charge in [-0.25, -0.2) is 0 Å². The van der Waals surface area contributed by atoms with Crippen molar-refractivity contribution in [2.75, 3.05) is 0 Å². The molecule has 0 aromatic carbocycles. The highest BCUT2D eigenvalue weighted by atomic mass is 27.0. The van der Waals surface area contributed by atoms with Crippen LogP contribution >= 0.6 is 0 Å². The summed E-state index contributed by atoms with van der Waals surface area (Å²) in [5.41, 5.74) is 0. The molecule has 0 aromatic heterocycles. The molecule has 6 heavy (non-hydrogen) atoms. The first-order valence-corrected chi connectivity index (χ1v) is 3.03. The van der Waals surface area contributed by atoms with E-state index in [1.165, 1.54) is 0 Å². The van der Waals surface area contributed by atoms with Gasteiger partial charge in [0.1, 0.15) is 0 Å². The number of carboxylic acids is 1. The van der Waals surface area contributed by atoms with Crippen LogP contribution in [0.1, 0.15) is 6.92 Å². The van der Waals surface area contributed by atoms with Crippen molar-refractivity contribution >= 4 is 22.3 Å². The van der Waals surface area contributed by atoms with Gasteiger partial charge in [-0.3, -0.25) is 4.79 Å². The van der Waals surface area contributed by atoms with Crippen molar-refractivity contribution in [2.45, 2.75) is 11.7 Å². The third-order valence-electron chi connectivity index (χ3n) is 0.494. The Morgan fingerprint density at radius 2 is 2.17 bits per heavy atom. The Balaban J connectivity index is 3.26. The lowest BCUT2D eigenvalue weighted by Gasteiger charge is -1.88. The van der Waals surface area contributed by atoms with Gasteiger partial charge in [0.2, 0.25) is 16.3 Å². The van der Waals surface area contributed by atoms with Crippen molar-refractivity contribution in [3.05, 3.63) is 0 Å². The number of aliphatic carboxylic acids is 1. The minimum Gasteiger partial charge on any atom is -0.482 e. The lowest BCUT2D eigenvalue weighted by atomic mass is 10.5. The summed E-state index contributed by atoms with van der Waals surface area (Å²) in [5.74, 6) is -0.679. The highest BCUT2D eigenvalue weighted by molar-refractivity contribution is 6.21. The van der Waals surface area contributed by atoms with Crippen molar-refractivity contribution in [2.24, 2.45) is 0 Å². The van der Waals surface area contributed by atoms with Gasteiger partial charge in [-0.05, 0) is 4.78 Å². The SMILES string of the molecule is C[CH]([AlH2])C(=O)O. The fraction of sp³-hybridized carbons (Fsp3) is 0.667. The summed E-state index contributed by atoms with van der Waals surface area (Å²) in [6.07, 6.45) is 0. The molecule has 0 aromatic rings. The van der Waals surface area contributed by atoms with Gasteiger partial charge < -0.3 is 5.11 Å². The van der Waals surface area contributed by atoms with Crippen LogP contribution in [0, 0.1) is 0 Å². The van der Waals surface area contributed by atoms with Gasteiger partial charge in [-0.15, -0.1) is 0 Å². The highest BCUT2D eigenvalue weighted by Crippen LogP contribution is 1.90. The van der Waals surface area contributed by atoms with Crippen LogP contribution in [0.2, 0.25) is 4.78 Å². The van der Waals surface area contributed by atoms with Gasteiger partial charge >= 0.3 is 0 Å². The largest absolute Gasteiger partial charge is 0.482 e. The average Bonchev–Trinajstić information content (AvgIpc) is 1.36. The zero-order chi connectivity index (χ0) is 5.15. The molecule has 0 saturated heterocycles. The molecule has 34 valence electrons. The van der Waals surface area contributed by atoms with E-state index in [1.807, 2.05) is 0 Å². The van der Waals surface area contributed by atoms with E-state index in [4.69, 9.17) is 5.11 Å². The molecular formula is C3H7AlO2. The second-order valence-corrected chi connectivity index (χ2v) is 3.22. The van der Waals surface area contributed by atoms with Crippen molar-refractivity contribution < 1.29 is 9.90 Å². The molecule has 0 rings (SSSR count). The normalized spacial score (nSPS) is 13.5. The number of hydrogen-bond donors (Lipinski definition) is 1. The van der Waals surface area contributed by atoms with Gasteiger partial charge in [-0.2, -0.15) is 0 Å². The molecule has 1 atom stereocenters. The Kier molecular flexibility index (Phi) is 2.23. The van der Waals surface area contributed by atoms with Gasteiger partial charge in [-0.1, -0.05) is 6.92 Å². The molecule has 3 heteroatoms. The summed E-state index contributed by atoms with van der Waals surface area (Å²) in [6.45, 7) is 1.70. The first-order valence-electron chi connectivity index (χ1n) is 1.87. The van der Waals surface area contributed by atoms with Crippen LogP contribution in [0.5, 0.6) is 0 Å². The van der Waals surface area contributed by atoms with Gasteiger partial charge in [0.05, 0.1) is 0 Å². The number of carbonyl (C=O) groups is 1. The summed E-state index contributed by atoms with van der Waals surface area (Å²) < 4.78 is -0.0926. The van der Waals surface area contributed by atoms with Crippen molar-refractivity contribution in [1.82, 2.24) is 0 Å². The maximum absolute atomic E-state index is 9.73. The quantitative estimate of drug-likeness (QED) is 0.454. The van der Waals surface area contributed by atoms with E-state index < -0.39 is 5.97 Å². The minimum atomic E-state index is -0.679. The third kappa shape index (κ3) is 2.25. The molecule has 0 saturated carbocycles. The summed E-state index contributed by atoms with van der Waals surface area (Å²) >= 11 is 0.754. The molecule has 0 aliphatic heterocycles. The fourth-order valence-corrected chi connectivity index (χ4v) is 0. The second-order valence-electron chi connectivity index (χ2n) is 1.49. The first-order chi connectivity index (χ1) is 2.64. The molecule has 0 aliphatic carbocycles. The Bertz CT molecular complexity index is 59.8. The lowest BCUT2D eigenvalue weighted by Crippen LogP contribution is -2.01. The minimum absolute atomic E-state index is 0.0926. The van der Waals surface area contributed by atoms with Crippen LogP contribution in [-0.2, 0) is 4.79 Å². The average molecular weight is 102 g/mol. The van der Waals surface area contributed by atoms with E-state index in [2.05, 4.69) is 0 Å². The number of rotatable bonds is 1. The molecule has 0 aliphatic rings. The molecule has 0 radical (unpaired) electrons. The molecule has 0 bridgehead atoms. The van der Waals surface area contributed by atoms with Crippen molar-refractivity contribution in [1.29, 1.82) is 0 Å². The standard InChI is InChI=1S/C3H5O2.Al.2H/c1-2-3(4)5;;;/h2H,1H3,(H,4,5);;;. The van der Waals surface area contributed by atoms with E-state index in [0.29, 0.717) is 0 Å². The summed E-state index contributed by atoms with van der Waals surface area (Å²) in [7, 11) is 0. The van der Waals surface area contributed by atoms with Gasteiger partial charge in [0.25, 0.3) is 5.97 Å². The predicted molar refractivity (Wildman–Crippen MR) is 25.6 cm³/mol. The second kappa shape index (κ2) is 2.22. The molecule has 1 unspecified atom stereocenters. The maximum Gasteiger partial charge on any atom is 0.292 e. The van der Waals surface area contributed by atoms with Crippen molar-refractivity contribution in [3.8, 4) is 0 Å². The number of hydrogen-bond acceptors (Lipinski definition) is 1. The summed E-state index contributed by atoms with van der Waals surface area (Å²) in [5, 5.41) is 8.03.